The number of rotatable bonds is 3. The summed E-state index contributed by atoms with van der Waals surface area (Å²) < 4.78 is 0. The van der Waals surface area contributed by atoms with E-state index in [-0.39, 0.29) is 0 Å². The molecule has 0 aliphatic heterocycles. The van der Waals surface area contributed by atoms with Crippen LogP contribution in [0.3, 0.4) is 0 Å². The number of para-hydroxylation sites is 1. The number of imidazole rings is 1. The summed E-state index contributed by atoms with van der Waals surface area (Å²) in [6, 6.07) is 8.25. The molecular weight excluding hydrogens is 242 g/mol. The number of hydrogen-bond donors (Lipinski definition) is 2. The normalized spacial score (nSPS) is 11.2. The highest BCUT2D eigenvalue weighted by Gasteiger charge is 2.11. The Bertz CT molecular complexity index is 681. The van der Waals surface area contributed by atoms with E-state index in [4.69, 9.17) is 10.7 Å². The molecule has 92 valence electrons. The quantitative estimate of drug-likeness (QED) is 0.756. The Morgan fingerprint density at radius 1 is 1.28 bits per heavy atom. The fourth-order valence-electron chi connectivity index (χ4n) is 2.19. The van der Waals surface area contributed by atoms with Crippen LogP contribution in [0.25, 0.3) is 21.7 Å². The van der Waals surface area contributed by atoms with Crippen molar-refractivity contribution in [2.75, 3.05) is 0 Å². The predicted octanol–water partition coefficient (Wildman–Crippen LogP) is 3.31. The molecule has 18 heavy (non-hydrogen) atoms. The van der Waals surface area contributed by atoms with Gasteiger partial charge in [0.1, 0.15) is 5.82 Å². The van der Waals surface area contributed by atoms with E-state index < -0.39 is 0 Å². The average molecular weight is 257 g/mol. The van der Waals surface area contributed by atoms with Crippen LogP contribution >= 0.6 is 11.3 Å². The van der Waals surface area contributed by atoms with Crippen molar-refractivity contribution >= 4 is 22.4 Å². The number of benzene rings is 1. The van der Waals surface area contributed by atoms with Gasteiger partial charge in [-0.3, -0.25) is 0 Å². The lowest BCUT2D eigenvalue weighted by atomic mass is 10.2. The summed E-state index contributed by atoms with van der Waals surface area (Å²) in [5.74, 6) is 0.956. The molecule has 0 amide bonds. The van der Waals surface area contributed by atoms with Gasteiger partial charge >= 0.3 is 0 Å². The number of nitrogens with two attached hydrogens (primary N) is 1. The Hall–Kier alpha value is -1.65. The van der Waals surface area contributed by atoms with Crippen LogP contribution in [0.15, 0.2) is 29.6 Å². The van der Waals surface area contributed by atoms with Gasteiger partial charge in [-0.25, -0.2) is 4.98 Å². The number of fused-ring (bicyclic) bond motifs is 1. The maximum absolute atomic E-state index is 5.75. The first kappa shape index (κ1) is 11.4. The average Bonchev–Trinajstić information content (AvgIpc) is 3.03. The van der Waals surface area contributed by atoms with Crippen molar-refractivity contribution in [1.82, 2.24) is 9.97 Å². The van der Waals surface area contributed by atoms with Gasteiger partial charge in [-0.1, -0.05) is 19.1 Å². The van der Waals surface area contributed by atoms with Gasteiger partial charge in [0.2, 0.25) is 0 Å². The first-order valence-corrected chi connectivity index (χ1v) is 6.96. The number of H-pyrrole nitrogens is 1. The van der Waals surface area contributed by atoms with Crippen LogP contribution < -0.4 is 5.73 Å². The Kier molecular flexibility index (Phi) is 2.89. The molecule has 3 N–H and O–H groups in total. The Balaban J connectivity index is 2.19. The van der Waals surface area contributed by atoms with Crippen LogP contribution in [0.2, 0.25) is 0 Å². The van der Waals surface area contributed by atoms with Crippen molar-refractivity contribution in [2.45, 2.75) is 19.9 Å². The number of nitrogens with one attached hydrogen (secondary N) is 1. The molecule has 3 aromatic rings. The van der Waals surface area contributed by atoms with E-state index in [1.807, 2.05) is 18.2 Å². The van der Waals surface area contributed by atoms with E-state index in [1.165, 1.54) is 10.4 Å². The smallest absolute Gasteiger partial charge is 0.148 e. The molecule has 0 bridgehead atoms. The Labute approximate surface area is 110 Å². The first-order chi connectivity index (χ1) is 8.83. The zero-order valence-electron chi connectivity index (χ0n) is 10.2. The number of aromatic amines is 1. The molecule has 0 saturated carbocycles. The molecule has 4 heteroatoms. The second-order valence-corrected chi connectivity index (χ2v) is 5.15. The van der Waals surface area contributed by atoms with Crippen molar-refractivity contribution in [3.8, 4) is 10.7 Å². The van der Waals surface area contributed by atoms with Gasteiger partial charge in [-0.15, -0.1) is 11.3 Å². The number of aryl methyl sites for hydroxylation is 1. The third kappa shape index (κ3) is 1.74. The summed E-state index contributed by atoms with van der Waals surface area (Å²) in [5.41, 5.74) is 10.2. The summed E-state index contributed by atoms with van der Waals surface area (Å²) in [5, 5.41) is 2.12. The summed E-state index contributed by atoms with van der Waals surface area (Å²) in [6.45, 7) is 2.69. The minimum Gasteiger partial charge on any atom is -0.337 e. The highest BCUT2D eigenvalue weighted by molar-refractivity contribution is 7.13. The Morgan fingerprint density at radius 2 is 2.17 bits per heavy atom. The fourth-order valence-corrected chi connectivity index (χ4v) is 3.13. The SMILES string of the molecule is CCc1ccsc1-c1nc2c(CN)cccc2[nH]1. The van der Waals surface area contributed by atoms with Crippen LogP contribution in [-0.2, 0) is 13.0 Å². The number of aromatic nitrogens is 2. The molecular formula is C14H15N3S. The fraction of sp³-hybridized carbons (Fsp3) is 0.214. The summed E-state index contributed by atoms with van der Waals surface area (Å²) in [7, 11) is 0. The van der Waals surface area contributed by atoms with Crippen LogP contribution in [-0.4, -0.2) is 9.97 Å². The minimum atomic E-state index is 0.521. The van der Waals surface area contributed by atoms with Crippen molar-refractivity contribution in [3.05, 3.63) is 40.8 Å². The number of thiophene rings is 1. The second kappa shape index (κ2) is 4.55. The molecule has 2 heterocycles. The highest BCUT2D eigenvalue weighted by atomic mass is 32.1. The third-order valence-corrected chi connectivity index (χ3v) is 4.12. The van der Waals surface area contributed by atoms with Crippen LogP contribution in [0.1, 0.15) is 18.1 Å². The van der Waals surface area contributed by atoms with E-state index in [0.29, 0.717) is 6.54 Å². The molecule has 2 aromatic heterocycles. The van der Waals surface area contributed by atoms with Gasteiger partial charge in [-0.2, -0.15) is 0 Å². The molecule has 0 radical (unpaired) electrons. The number of hydrogen-bond acceptors (Lipinski definition) is 3. The predicted molar refractivity (Wildman–Crippen MR) is 76.7 cm³/mol. The van der Waals surface area contributed by atoms with Gasteiger partial charge in [0.05, 0.1) is 15.9 Å². The molecule has 1 aromatic carbocycles. The lowest BCUT2D eigenvalue weighted by molar-refractivity contribution is 1.08. The first-order valence-electron chi connectivity index (χ1n) is 6.08. The summed E-state index contributed by atoms with van der Waals surface area (Å²) >= 11 is 1.73. The van der Waals surface area contributed by atoms with Gasteiger partial charge < -0.3 is 10.7 Å². The van der Waals surface area contributed by atoms with E-state index in [1.54, 1.807) is 11.3 Å². The van der Waals surface area contributed by atoms with Crippen molar-refractivity contribution in [2.24, 2.45) is 5.73 Å². The molecule has 0 saturated heterocycles. The molecule has 3 rings (SSSR count). The van der Waals surface area contributed by atoms with E-state index in [9.17, 15) is 0 Å². The summed E-state index contributed by atoms with van der Waals surface area (Å²) in [4.78, 5) is 9.33. The lowest BCUT2D eigenvalue weighted by Gasteiger charge is -1.96. The zero-order valence-corrected chi connectivity index (χ0v) is 11.1. The van der Waals surface area contributed by atoms with Gasteiger partial charge in [0.25, 0.3) is 0 Å². The van der Waals surface area contributed by atoms with Crippen molar-refractivity contribution < 1.29 is 0 Å². The monoisotopic (exact) mass is 257 g/mol. The number of nitrogens with zero attached hydrogens (tertiary/aromatic N) is 1. The van der Waals surface area contributed by atoms with Gasteiger partial charge in [0.15, 0.2) is 0 Å². The van der Waals surface area contributed by atoms with Crippen LogP contribution in [0.5, 0.6) is 0 Å². The molecule has 0 unspecified atom stereocenters. The molecule has 0 spiro atoms. The van der Waals surface area contributed by atoms with Crippen molar-refractivity contribution in [3.63, 3.8) is 0 Å². The van der Waals surface area contributed by atoms with Gasteiger partial charge in [-0.05, 0) is 35.1 Å². The Morgan fingerprint density at radius 3 is 2.94 bits per heavy atom. The zero-order chi connectivity index (χ0) is 12.5. The highest BCUT2D eigenvalue weighted by Crippen LogP contribution is 2.30. The molecule has 0 atom stereocenters. The maximum Gasteiger partial charge on any atom is 0.148 e. The van der Waals surface area contributed by atoms with E-state index >= 15 is 0 Å². The maximum atomic E-state index is 5.75. The molecule has 0 aliphatic carbocycles. The van der Waals surface area contributed by atoms with Crippen LogP contribution in [0.4, 0.5) is 0 Å². The largest absolute Gasteiger partial charge is 0.337 e. The van der Waals surface area contributed by atoms with Gasteiger partial charge in [0, 0.05) is 6.54 Å². The van der Waals surface area contributed by atoms with E-state index in [0.717, 1.165) is 28.8 Å². The van der Waals surface area contributed by atoms with E-state index in [2.05, 4.69) is 23.4 Å². The molecule has 0 fully saturated rings. The molecule has 3 nitrogen and oxygen atoms in total. The third-order valence-electron chi connectivity index (χ3n) is 3.16. The standard InChI is InChI=1S/C14H15N3S/c1-2-9-6-7-18-13(9)14-16-11-5-3-4-10(8-15)12(11)17-14/h3-7H,2,8,15H2,1H3,(H,16,17). The van der Waals surface area contributed by atoms with Crippen molar-refractivity contribution in [1.29, 1.82) is 0 Å². The van der Waals surface area contributed by atoms with Crippen LogP contribution in [0, 0.1) is 0 Å². The topological polar surface area (TPSA) is 54.7 Å². The lowest BCUT2D eigenvalue weighted by Crippen LogP contribution is -1.96. The molecule has 0 aliphatic rings. The minimum absolute atomic E-state index is 0.521. The summed E-state index contributed by atoms with van der Waals surface area (Å²) in [6.07, 6.45) is 1.03. The second-order valence-electron chi connectivity index (χ2n) is 4.23.